The van der Waals surface area contributed by atoms with E-state index >= 15 is 0 Å². The molecule has 2 aromatic rings. The molecule has 0 bridgehead atoms. The predicted octanol–water partition coefficient (Wildman–Crippen LogP) is 2.81. The maximum atomic E-state index is 10.9. The molecule has 0 fully saturated rings. The number of anilines is 1. The Balaban J connectivity index is 0.00000420. The van der Waals surface area contributed by atoms with Gasteiger partial charge in [-0.3, -0.25) is 0 Å². The third kappa shape index (κ3) is 9.40. The van der Waals surface area contributed by atoms with Crippen LogP contribution >= 0.6 is 0 Å². The molecule has 0 saturated heterocycles. The summed E-state index contributed by atoms with van der Waals surface area (Å²) in [5.74, 6) is 0. The number of rotatable bonds is 11. The van der Waals surface area contributed by atoms with Crippen LogP contribution in [0.2, 0.25) is 0 Å². The average Bonchev–Trinajstić information content (AvgIpc) is 2.69. The maximum Gasteiger partial charge on any atom is 1.00 e. The van der Waals surface area contributed by atoms with E-state index in [4.69, 9.17) is 0 Å². The minimum atomic E-state index is -4.44. The summed E-state index contributed by atoms with van der Waals surface area (Å²) >= 11 is 0. The Bertz CT molecular complexity index is 854. The van der Waals surface area contributed by atoms with Crippen LogP contribution in [-0.4, -0.2) is 26.6 Å². The molecule has 0 amide bonds. The Labute approximate surface area is 196 Å². The first-order valence-electron chi connectivity index (χ1n) is 9.69. The minimum absolute atomic E-state index is 0. The van der Waals surface area contributed by atoms with Crippen LogP contribution in [0.25, 0.3) is 0 Å². The summed E-state index contributed by atoms with van der Waals surface area (Å²) in [5.41, 5.74) is 2.33. The van der Waals surface area contributed by atoms with Crippen molar-refractivity contribution in [1.29, 1.82) is 0 Å². The second-order valence-electron chi connectivity index (χ2n) is 6.85. The Kier molecular flexibility index (Phi) is 11.7. The van der Waals surface area contributed by atoms with Gasteiger partial charge in [0.15, 0.2) is 0 Å². The number of nitrogens with zero attached hydrogens (tertiary/aromatic N) is 3. The van der Waals surface area contributed by atoms with Gasteiger partial charge >= 0.3 is 29.6 Å². The molecular weight excluding hydrogens is 397 g/mol. The van der Waals surface area contributed by atoms with Crippen molar-refractivity contribution in [3.63, 3.8) is 0 Å². The normalized spacial score (nSPS) is 11.4. The van der Waals surface area contributed by atoms with Crippen molar-refractivity contribution in [3.05, 3.63) is 48.5 Å². The van der Waals surface area contributed by atoms with Crippen molar-refractivity contribution in [2.24, 2.45) is 10.2 Å². The average molecular weight is 426 g/mol. The van der Waals surface area contributed by atoms with E-state index < -0.39 is 10.1 Å². The number of hydrogen-bond acceptors (Lipinski definition) is 6. The maximum absolute atomic E-state index is 10.9. The van der Waals surface area contributed by atoms with Crippen LogP contribution in [0.15, 0.2) is 63.7 Å². The Hall–Kier alpha value is -1.25. The molecule has 2 rings (SSSR count). The molecule has 29 heavy (non-hydrogen) atoms. The molecule has 0 spiro atoms. The first-order valence-corrected chi connectivity index (χ1v) is 11.1. The van der Waals surface area contributed by atoms with Gasteiger partial charge in [0.25, 0.3) is 0 Å². The topological polar surface area (TPSA) is 85.2 Å². The van der Waals surface area contributed by atoms with Crippen molar-refractivity contribution in [2.75, 3.05) is 18.5 Å². The van der Waals surface area contributed by atoms with Crippen molar-refractivity contribution in [3.8, 4) is 0 Å². The summed E-state index contributed by atoms with van der Waals surface area (Å²) in [5, 5.41) is 8.23. The van der Waals surface area contributed by atoms with E-state index in [1.165, 1.54) is 62.8 Å². The zero-order valence-electron chi connectivity index (χ0n) is 17.5. The molecule has 6 nitrogen and oxygen atoms in total. The summed E-state index contributed by atoms with van der Waals surface area (Å²) in [6.07, 6.45) is 7.70. The third-order valence-corrected chi connectivity index (χ3v) is 5.39. The number of azo groups is 1. The Morgan fingerprint density at radius 3 is 1.83 bits per heavy atom. The fraction of sp³-hybridized carbons (Fsp3) is 0.429. The zero-order chi connectivity index (χ0) is 20.4. The second-order valence-corrected chi connectivity index (χ2v) is 8.23. The van der Waals surface area contributed by atoms with E-state index in [1.54, 1.807) is 0 Å². The molecule has 0 N–H and O–H groups in total. The molecule has 0 aliphatic heterocycles. The van der Waals surface area contributed by atoms with Gasteiger partial charge in [0.1, 0.15) is 10.1 Å². The molecule has 0 saturated carbocycles. The molecule has 2 aromatic carbocycles. The van der Waals surface area contributed by atoms with Crippen molar-refractivity contribution in [1.82, 2.24) is 0 Å². The molecule has 0 aliphatic rings. The molecule has 0 unspecified atom stereocenters. The van der Waals surface area contributed by atoms with E-state index in [9.17, 15) is 13.0 Å². The van der Waals surface area contributed by atoms with Crippen molar-refractivity contribution in [2.45, 2.75) is 50.3 Å². The molecule has 0 atom stereocenters. The van der Waals surface area contributed by atoms with Gasteiger partial charge in [-0.2, -0.15) is 10.2 Å². The minimum Gasteiger partial charge on any atom is -0.744 e. The van der Waals surface area contributed by atoms with E-state index in [-0.39, 0.29) is 34.5 Å². The van der Waals surface area contributed by atoms with E-state index in [0.717, 1.165) is 12.2 Å². The van der Waals surface area contributed by atoms with Gasteiger partial charge in [0, 0.05) is 19.3 Å². The third-order valence-electron chi connectivity index (χ3n) is 4.54. The summed E-state index contributed by atoms with van der Waals surface area (Å²) in [6, 6.07) is 13.2. The predicted molar refractivity (Wildman–Crippen MR) is 112 cm³/mol. The zero-order valence-corrected chi connectivity index (χ0v) is 20.4. The SMILES string of the molecule is CCCCCCCCN(C)c1ccc(N=Nc2ccc(S(=O)(=O)[O-])cc2)cc1.[Na+]. The van der Waals surface area contributed by atoms with Gasteiger partial charge in [0.2, 0.25) is 0 Å². The van der Waals surface area contributed by atoms with Gasteiger partial charge in [-0.1, -0.05) is 39.0 Å². The number of hydrogen-bond donors (Lipinski definition) is 0. The van der Waals surface area contributed by atoms with Gasteiger partial charge in [-0.25, -0.2) is 8.42 Å². The van der Waals surface area contributed by atoms with E-state index in [1.807, 2.05) is 24.3 Å². The van der Waals surface area contributed by atoms with Crippen molar-refractivity contribution >= 4 is 27.2 Å². The first kappa shape index (κ1) is 25.8. The number of benzene rings is 2. The summed E-state index contributed by atoms with van der Waals surface area (Å²) in [6.45, 7) is 3.26. The van der Waals surface area contributed by atoms with Crippen LogP contribution in [0.4, 0.5) is 17.1 Å². The van der Waals surface area contributed by atoms with Crippen molar-refractivity contribution < 1.29 is 42.5 Å². The fourth-order valence-electron chi connectivity index (χ4n) is 2.83. The van der Waals surface area contributed by atoms with Crippen LogP contribution in [0, 0.1) is 0 Å². The molecule has 0 aliphatic carbocycles. The second kappa shape index (κ2) is 13.1. The summed E-state index contributed by atoms with van der Waals surface area (Å²) in [4.78, 5) is 1.97. The molecular formula is C21H28N3NaO3S. The quantitative estimate of drug-likeness (QED) is 0.240. The first-order chi connectivity index (χ1) is 13.4. The van der Waals surface area contributed by atoms with Gasteiger partial charge in [-0.15, -0.1) is 0 Å². The van der Waals surface area contributed by atoms with Crippen LogP contribution in [-0.2, 0) is 10.1 Å². The number of unbranched alkanes of at least 4 members (excludes halogenated alkanes) is 5. The monoisotopic (exact) mass is 425 g/mol. The Morgan fingerprint density at radius 1 is 0.828 bits per heavy atom. The van der Waals surface area contributed by atoms with Crippen LogP contribution in [0.1, 0.15) is 45.4 Å². The molecule has 0 radical (unpaired) electrons. The molecule has 0 heterocycles. The van der Waals surface area contributed by atoms with E-state index in [2.05, 4.69) is 29.1 Å². The summed E-state index contributed by atoms with van der Waals surface area (Å²) in [7, 11) is -2.35. The largest absolute Gasteiger partial charge is 1.00 e. The standard InChI is InChI=1S/C21H29N3O3S.Na/c1-3-4-5-6-7-8-17-24(2)20-13-9-18(10-14-20)22-23-19-11-15-21(16-12-19)28(25,26)27;/h9-16H,3-8,17H2,1-2H3,(H,25,26,27);/q;+1/p-1. The van der Waals surface area contributed by atoms with Gasteiger partial charge in [-0.05, 0) is 55.0 Å². The van der Waals surface area contributed by atoms with Gasteiger partial charge in [0.05, 0.1) is 16.3 Å². The molecule has 8 heteroatoms. The molecule has 152 valence electrons. The summed E-state index contributed by atoms with van der Waals surface area (Å²) < 4.78 is 32.8. The van der Waals surface area contributed by atoms with Gasteiger partial charge < -0.3 is 9.45 Å². The van der Waals surface area contributed by atoms with E-state index in [0.29, 0.717) is 11.4 Å². The Morgan fingerprint density at radius 2 is 1.31 bits per heavy atom. The van der Waals surface area contributed by atoms with Crippen LogP contribution in [0.3, 0.4) is 0 Å². The van der Waals surface area contributed by atoms with Crippen LogP contribution in [0.5, 0.6) is 0 Å². The fourth-order valence-corrected chi connectivity index (χ4v) is 3.30. The van der Waals surface area contributed by atoms with Crippen LogP contribution < -0.4 is 34.5 Å². The smallest absolute Gasteiger partial charge is 0.744 e. The molecule has 0 aromatic heterocycles.